The molecule has 3 nitrogen and oxygen atoms in total. The number of Topliss-reactive ketones (excluding diaryl/α,β-unsaturated/α-hetero) is 1. The molecule has 0 aromatic rings. The monoisotopic (exact) mass is 130 g/mol. The first-order valence-electron chi connectivity index (χ1n) is 3.07. The number of hydrogen-bond acceptors (Lipinski definition) is 3. The van der Waals surface area contributed by atoms with Gasteiger partial charge >= 0.3 is 0 Å². The molecule has 1 aliphatic heterocycles. The normalized spacial score (nSPS) is 26.6. The van der Waals surface area contributed by atoms with Crippen molar-refractivity contribution >= 4 is 5.78 Å². The van der Waals surface area contributed by atoms with E-state index in [4.69, 9.17) is 4.89 Å². The molecule has 1 rings (SSSR count). The second-order valence-electron chi connectivity index (χ2n) is 2.24. The van der Waals surface area contributed by atoms with Crippen molar-refractivity contribution in [1.82, 2.24) is 0 Å². The van der Waals surface area contributed by atoms with Gasteiger partial charge in [-0.3, -0.25) is 4.79 Å². The molecule has 0 aromatic carbocycles. The van der Waals surface area contributed by atoms with E-state index in [1.165, 1.54) is 0 Å². The van der Waals surface area contributed by atoms with E-state index >= 15 is 0 Å². The molecular weight excluding hydrogens is 120 g/mol. The minimum absolute atomic E-state index is 0.0162. The lowest BCUT2D eigenvalue weighted by Gasteiger charge is -2.00. The van der Waals surface area contributed by atoms with Crippen molar-refractivity contribution in [2.75, 3.05) is 6.61 Å². The molecule has 9 heavy (non-hydrogen) atoms. The molecular formula is C6H10O3. The fourth-order valence-electron chi connectivity index (χ4n) is 0.829. The average Bonchev–Trinajstić information content (AvgIpc) is 2.15. The Balaban J connectivity index is 2.19. The summed E-state index contributed by atoms with van der Waals surface area (Å²) in [6, 6.07) is 0. The van der Waals surface area contributed by atoms with Crippen molar-refractivity contribution in [2.45, 2.75) is 25.9 Å². The van der Waals surface area contributed by atoms with Gasteiger partial charge in [0.25, 0.3) is 0 Å². The predicted molar refractivity (Wildman–Crippen MR) is 30.7 cm³/mol. The van der Waals surface area contributed by atoms with Crippen molar-refractivity contribution in [3.05, 3.63) is 0 Å². The maximum atomic E-state index is 10.5. The fraction of sp³-hybridized carbons (Fsp3) is 0.833. The summed E-state index contributed by atoms with van der Waals surface area (Å²) < 4.78 is 0. The molecule has 0 amide bonds. The van der Waals surface area contributed by atoms with E-state index < -0.39 is 0 Å². The van der Waals surface area contributed by atoms with Gasteiger partial charge in [-0.15, -0.1) is 0 Å². The molecule has 0 radical (unpaired) electrons. The number of carbonyl (C=O) groups is 1. The summed E-state index contributed by atoms with van der Waals surface area (Å²) in [5.74, 6) is 0.158. The Labute approximate surface area is 53.9 Å². The van der Waals surface area contributed by atoms with Gasteiger partial charge in [-0.05, 0) is 6.92 Å². The van der Waals surface area contributed by atoms with E-state index in [2.05, 4.69) is 4.89 Å². The van der Waals surface area contributed by atoms with E-state index in [0.29, 0.717) is 13.0 Å². The second kappa shape index (κ2) is 2.94. The molecule has 1 unspecified atom stereocenters. The largest absolute Gasteiger partial charge is 0.300 e. The van der Waals surface area contributed by atoms with Crippen LogP contribution in [0.4, 0.5) is 0 Å². The molecule has 0 saturated carbocycles. The molecule has 1 heterocycles. The van der Waals surface area contributed by atoms with Gasteiger partial charge in [0.15, 0.2) is 0 Å². The van der Waals surface area contributed by atoms with Gasteiger partial charge in [0, 0.05) is 12.8 Å². The first-order valence-corrected chi connectivity index (χ1v) is 3.07. The molecule has 1 aliphatic rings. The van der Waals surface area contributed by atoms with Crippen LogP contribution in [-0.4, -0.2) is 18.5 Å². The van der Waals surface area contributed by atoms with Crippen LogP contribution in [0.1, 0.15) is 19.8 Å². The first-order chi connectivity index (χ1) is 4.29. The summed E-state index contributed by atoms with van der Waals surface area (Å²) in [6.45, 7) is 2.18. The highest BCUT2D eigenvalue weighted by atomic mass is 17.2. The van der Waals surface area contributed by atoms with Gasteiger partial charge in [0.05, 0.1) is 6.61 Å². The highest BCUT2D eigenvalue weighted by Gasteiger charge is 2.18. The molecule has 0 spiro atoms. The minimum atomic E-state index is 0.0162. The van der Waals surface area contributed by atoms with Crippen molar-refractivity contribution in [3.63, 3.8) is 0 Å². The molecule has 0 aliphatic carbocycles. The van der Waals surface area contributed by atoms with Crippen LogP contribution < -0.4 is 0 Å². The summed E-state index contributed by atoms with van der Waals surface area (Å²) in [5, 5.41) is 0. The Bertz CT molecular complexity index is 105. The van der Waals surface area contributed by atoms with Gasteiger partial charge in [-0.25, -0.2) is 9.78 Å². The third kappa shape index (κ3) is 2.11. The van der Waals surface area contributed by atoms with E-state index in [1.807, 2.05) is 0 Å². The predicted octanol–water partition coefficient (Wildman–Crippen LogP) is 0.686. The van der Waals surface area contributed by atoms with Crippen molar-refractivity contribution in [3.8, 4) is 0 Å². The third-order valence-electron chi connectivity index (χ3n) is 1.24. The number of ketones is 1. The summed E-state index contributed by atoms with van der Waals surface area (Å²) in [6.07, 6.45) is 1.35. The van der Waals surface area contributed by atoms with Crippen molar-refractivity contribution in [2.24, 2.45) is 0 Å². The molecule has 0 N–H and O–H groups in total. The van der Waals surface area contributed by atoms with Gasteiger partial charge in [0.2, 0.25) is 0 Å². The zero-order valence-corrected chi connectivity index (χ0v) is 5.42. The van der Waals surface area contributed by atoms with Crippen LogP contribution in [0.5, 0.6) is 0 Å². The van der Waals surface area contributed by atoms with Crippen LogP contribution in [0.2, 0.25) is 0 Å². The summed E-state index contributed by atoms with van der Waals surface area (Å²) in [5.41, 5.74) is 0. The van der Waals surface area contributed by atoms with Crippen LogP contribution in [0.3, 0.4) is 0 Å². The highest BCUT2D eigenvalue weighted by molar-refractivity contribution is 5.75. The van der Waals surface area contributed by atoms with Crippen LogP contribution in [0, 0.1) is 0 Å². The zero-order valence-electron chi connectivity index (χ0n) is 5.42. The Kier molecular flexibility index (Phi) is 2.19. The van der Waals surface area contributed by atoms with Crippen LogP contribution in [0.15, 0.2) is 0 Å². The topological polar surface area (TPSA) is 35.5 Å². The third-order valence-corrected chi connectivity index (χ3v) is 1.24. The molecule has 0 bridgehead atoms. The molecule has 1 atom stereocenters. The Hall–Kier alpha value is -0.410. The maximum absolute atomic E-state index is 10.5. The molecule has 52 valence electrons. The first kappa shape index (κ1) is 6.71. The lowest BCUT2D eigenvalue weighted by Crippen LogP contribution is -2.09. The van der Waals surface area contributed by atoms with Crippen molar-refractivity contribution in [1.29, 1.82) is 0 Å². The molecule has 1 saturated heterocycles. The van der Waals surface area contributed by atoms with Gasteiger partial charge in [-0.2, -0.15) is 0 Å². The Morgan fingerprint density at radius 1 is 1.78 bits per heavy atom. The van der Waals surface area contributed by atoms with Crippen LogP contribution >= 0.6 is 0 Å². The lowest BCUT2D eigenvalue weighted by molar-refractivity contribution is -0.274. The second-order valence-corrected chi connectivity index (χ2v) is 2.24. The van der Waals surface area contributed by atoms with E-state index in [9.17, 15) is 4.79 Å². The minimum Gasteiger partial charge on any atom is -0.300 e. The maximum Gasteiger partial charge on any atom is 0.132 e. The summed E-state index contributed by atoms with van der Waals surface area (Å²) >= 11 is 0. The van der Waals surface area contributed by atoms with E-state index in [-0.39, 0.29) is 11.9 Å². The van der Waals surface area contributed by atoms with E-state index in [0.717, 1.165) is 6.42 Å². The van der Waals surface area contributed by atoms with Crippen LogP contribution in [0.25, 0.3) is 0 Å². The quantitative estimate of drug-likeness (QED) is 0.516. The summed E-state index contributed by atoms with van der Waals surface area (Å²) in [4.78, 5) is 19.8. The van der Waals surface area contributed by atoms with Gasteiger partial charge in [-0.1, -0.05) is 0 Å². The zero-order chi connectivity index (χ0) is 6.69. The standard InChI is InChI=1S/C6H10O3/c1-5(7)4-6-2-3-8-9-6/h6H,2-4H2,1H3. The smallest absolute Gasteiger partial charge is 0.132 e. The highest BCUT2D eigenvalue weighted by Crippen LogP contribution is 2.11. The number of hydrogen-bond donors (Lipinski definition) is 0. The Morgan fingerprint density at radius 3 is 3.00 bits per heavy atom. The average molecular weight is 130 g/mol. The molecule has 0 aromatic heterocycles. The van der Waals surface area contributed by atoms with E-state index in [1.54, 1.807) is 6.92 Å². The van der Waals surface area contributed by atoms with Crippen molar-refractivity contribution < 1.29 is 14.6 Å². The van der Waals surface area contributed by atoms with Gasteiger partial charge < -0.3 is 0 Å². The van der Waals surface area contributed by atoms with Crippen LogP contribution in [-0.2, 0) is 14.6 Å². The Morgan fingerprint density at radius 2 is 2.56 bits per heavy atom. The number of rotatable bonds is 2. The number of carbonyl (C=O) groups excluding carboxylic acids is 1. The molecule has 3 heteroatoms. The summed E-state index contributed by atoms with van der Waals surface area (Å²) in [7, 11) is 0. The fourth-order valence-corrected chi connectivity index (χ4v) is 0.829. The lowest BCUT2D eigenvalue weighted by atomic mass is 10.1. The van der Waals surface area contributed by atoms with Gasteiger partial charge in [0.1, 0.15) is 11.9 Å². The SMILES string of the molecule is CC(=O)CC1CCOO1. The molecule has 1 fully saturated rings.